The highest BCUT2D eigenvalue weighted by Gasteiger charge is 2.26. The molecular weight excluding hydrogens is 901 g/mol. The minimum absolute atomic E-state index is 0.467. The maximum atomic E-state index is 6.87. The van der Waals surface area contributed by atoms with E-state index in [2.05, 4.69) is 265 Å². The second-order valence-corrected chi connectivity index (χ2v) is 20.7. The Hall–Kier alpha value is -7.56. The average Bonchev–Trinajstić information content (AvgIpc) is 3.89. The second kappa shape index (κ2) is 22.3. The Morgan fingerprint density at radius 1 is 0.568 bits per heavy atom. The molecule has 6 aromatic carbocycles. The van der Waals surface area contributed by atoms with Crippen molar-refractivity contribution in [3.63, 3.8) is 0 Å². The van der Waals surface area contributed by atoms with Crippen molar-refractivity contribution in [1.29, 1.82) is 0 Å². The van der Waals surface area contributed by atoms with Crippen LogP contribution in [0.3, 0.4) is 0 Å². The Kier molecular flexibility index (Phi) is 15.9. The first-order chi connectivity index (χ1) is 35.5. The van der Waals surface area contributed by atoms with E-state index in [-0.39, 0.29) is 0 Å². The maximum absolute atomic E-state index is 6.87. The predicted molar refractivity (Wildman–Crippen MR) is 325 cm³/mol. The van der Waals surface area contributed by atoms with E-state index < -0.39 is 0 Å². The van der Waals surface area contributed by atoms with Gasteiger partial charge in [-0.25, -0.2) is 0 Å². The fourth-order valence-electron chi connectivity index (χ4n) is 10.5. The molecule has 8 rings (SSSR count). The Bertz CT molecular complexity index is 3720. The lowest BCUT2D eigenvalue weighted by Gasteiger charge is -2.30. The van der Waals surface area contributed by atoms with Gasteiger partial charge in [-0.1, -0.05) is 173 Å². The van der Waals surface area contributed by atoms with Crippen molar-refractivity contribution in [2.45, 2.75) is 110 Å². The average molecular weight is 977 g/mol. The molecule has 0 unspecified atom stereocenters. The zero-order chi connectivity index (χ0) is 53.1. The Balaban J connectivity index is 1.40. The van der Waals surface area contributed by atoms with Crippen molar-refractivity contribution >= 4 is 89.2 Å². The van der Waals surface area contributed by atoms with Gasteiger partial charge in [-0.05, 0) is 162 Å². The summed E-state index contributed by atoms with van der Waals surface area (Å²) in [6.45, 7) is 37.5. The number of para-hydroxylation sites is 2. The first-order valence-corrected chi connectivity index (χ1v) is 26.6. The standard InChI is InChI=1S/C70H76N2O2/c1-17-45(8)48(11)41-50(13)71(65-31-23-29-59-57(52(15)73-69(59)65)27-21-20-25-43(4)5)63-39-35-54-34-38-62-64(40-36-55-33-37-61(63)67(54)68(55)62)72(51(14)42-49(12)56(19-3)46(9)18-2)66-32-24-30-60-58(53(16)74-70(60)66)28-22-26-47(10)44(6)7/h17-18,20-44H,13,19H2,1-12,14-16H3/b25-20+,27-21-,28-22-,45-17+,46-18-,47-26+,48-41-,51-42+,56-49-. The quantitative estimate of drug-likeness (QED) is 0.0672. The zero-order valence-corrected chi connectivity index (χ0v) is 46.7. The molecule has 2 heterocycles. The number of aryl methyl sites for hydroxylation is 2. The number of allylic oxidation sites excluding steroid dienone is 16. The van der Waals surface area contributed by atoms with Gasteiger partial charge in [-0.15, -0.1) is 0 Å². The van der Waals surface area contributed by atoms with Crippen LogP contribution in [-0.2, 0) is 0 Å². The number of rotatable bonds is 17. The topological polar surface area (TPSA) is 32.8 Å². The van der Waals surface area contributed by atoms with E-state index in [1.165, 1.54) is 49.4 Å². The van der Waals surface area contributed by atoms with Crippen LogP contribution in [0.15, 0.2) is 200 Å². The van der Waals surface area contributed by atoms with Crippen molar-refractivity contribution in [2.75, 3.05) is 9.80 Å². The summed E-state index contributed by atoms with van der Waals surface area (Å²) in [5, 5.41) is 9.17. The SMILES string of the molecule is C=C(/C=C(C)\C(C)=C\C)N(c1ccc2ccc3c(N(/C(C)=C/C(C)=C(CC)\C(C)=C/C)c4cccc5c(/C=C\C=C(/C)C(C)C)c(C)oc45)ccc4ccc1c2c43)c1cccc2c(/C=C\C=C\C(C)C)c(C)oc12. The lowest BCUT2D eigenvalue weighted by molar-refractivity contribution is 0.577. The summed E-state index contributed by atoms with van der Waals surface area (Å²) in [5.74, 6) is 2.71. The van der Waals surface area contributed by atoms with Crippen LogP contribution in [-0.4, -0.2) is 0 Å². The van der Waals surface area contributed by atoms with Gasteiger partial charge in [-0.3, -0.25) is 0 Å². The Morgan fingerprint density at radius 2 is 1.08 bits per heavy atom. The van der Waals surface area contributed by atoms with Crippen LogP contribution in [0.1, 0.15) is 119 Å². The molecule has 0 aliphatic heterocycles. The van der Waals surface area contributed by atoms with Crippen molar-refractivity contribution in [3.05, 3.63) is 214 Å². The van der Waals surface area contributed by atoms with Gasteiger partial charge >= 0.3 is 0 Å². The van der Waals surface area contributed by atoms with E-state index in [9.17, 15) is 0 Å². The number of fused-ring (bicyclic) bond motifs is 2. The molecule has 4 nitrogen and oxygen atoms in total. The van der Waals surface area contributed by atoms with Crippen LogP contribution in [0.2, 0.25) is 0 Å². The molecule has 0 fully saturated rings. The van der Waals surface area contributed by atoms with Gasteiger partial charge in [-0.2, -0.15) is 0 Å². The maximum Gasteiger partial charge on any atom is 0.158 e. The smallest absolute Gasteiger partial charge is 0.158 e. The number of hydrogen-bond acceptors (Lipinski definition) is 4. The minimum atomic E-state index is 0.467. The predicted octanol–water partition coefficient (Wildman–Crippen LogP) is 21.8. The third kappa shape index (κ3) is 10.2. The Morgan fingerprint density at radius 3 is 1.59 bits per heavy atom. The van der Waals surface area contributed by atoms with Crippen LogP contribution in [0.25, 0.3) is 66.4 Å². The molecule has 0 radical (unpaired) electrons. The second-order valence-electron chi connectivity index (χ2n) is 20.7. The Labute approximate surface area is 441 Å². The lowest BCUT2D eigenvalue weighted by Crippen LogP contribution is -2.16. The highest BCUT2D eigenvalue weighted by Crippen LogP contribution is 2.49. The highest BCUT2D eigenvalue weighted by atomic mass is 16.3. The van der Waals surface area contributed by atoms with Crippen molar-refractivity contribution in [2.24, 2.45) is 11.8 Å². The molecule has 0 spiro atoms. The van der Waals surface area contributed by atoms with E-state index >= 15 is 0 Å². The first kappa shape index (κ1) is 52.8. The highest BCUT2D eigenvalue weighted by molar-refractivity contribution is 6.28. The summed E-state index contributed by atoms with van der Waals surface area (Å²) >= 11 is 0. The summed E-state index contributed by atoms with van der Waals surface area (Å²) in [7, 11) is 0. The van der Waals surface area contributed by atoms with Crippen LogP contribution >= 0.6 is 0 Å². The van der Waals surface area contributed by atoms with Crippen LogP contribution < -0.4 is 9.80 Å². The molecule has 0 amide bonds. The molecule has 0 aliphatic rings. The number of benzene rings is 6. The van der Waals surface area contributed by atoms with Crippen molar-refractivity contribution < 1.29 is 8.83 Å². The molecular formula is C70H76N2O2. The lowest BCUT2D eigenvalue weighted by atomic mass is 9.91. The summed E-state index contributed by atoms with van der Waals surface area (Å²) in [6, 6.07) is 31.3. The molecule has 378 valence electrons. The van der Waals surface area contributed by atoms with Gasteiger partial charge in [0, 0.05) is 44.1 Å². The monoisotopic (exact) mass is 977 g/mol. The zero-order valence-electron chi connectivity index (χ0n) is 46.7. The molecule has 0 bridgehead atoms. The van der Waals surface area contributed by atoms with Gasteiger partial charge in [0.25, 0.3) is 0 Å². The van der Waals surface area contributed by atoms with Crippen molar-refractivity contribution in [3.8, 4) is 0 Å². The van der Waals surface area contributed by atoms with E-state index in [1.54, 1.807) is 0 Å². The number of nitrogens with zero attached hydrogens (tertiary/aromatic N) is 2. The van der Waals surface area contributed by atoms with Crippen LogP contribution in [0.5, 0.6) is 0 Å². The molecule has 2 aromatic heterocycles. The van der Waals surface area contributed by atoms with Gasteiger partial charge in [0.15, 0.2) is 11.2 Å². The third-order valence-electron chi connectivity index (χ3n) is 15.1. The molecule has 0 atom stereocenters. The molecule has 0 N–H and O–H groups in total. The summed E-state index contributed by atoms with van der Waals surface area (Å²) in [4.78, 5) is 4.72. The summed E-state index contributed by atoms with van der Waals surface area (Å²) in [6.07, 6.45) is 25.0. The number of furan rings is 2. The first-order valence-electron chi connectivity index (χ1n) is 26.6. The van der Waals surface area contributed by atoms with Gasteiger partial charge in [0.1, 0.15) is 11.5 Å². The van der Waals surface area contributed by atoms with Crippen molar-refractivity contribution in [1.82, 2.24) is 0 Å². The fourth-order valence-corrected chi connectivity index (χ4v) is 10.5. The molecule has 0 aliphatic carbocycles. The third-order valence-corrected chi connectivity index (χ3v) is 15.1. The largest absolute Gasteiger partial charge is 0.459 e. The van der Waals surface area contributed by atoms with Gasteiger partial charge in [0.05, 0.1) is 22.7 Å². The molecule has 0 saturated carbocycles. The van der Waals surface area contributed by atoms with E-state index in [0.717, 1.165) is 101 Å². The van der Waals surface area contributed by atoms with Gasteiger partial charge in [0.2, 0.25) is 0 Å². The van der Waals surface area contributed by atoms with Gasteiger partial charge < -0.3 is 18.6 Å². The molecule has 74 heavy (non-hydrogen) atoms. The molecule has 8 aromatic rings. The summed E-state index contributed by atoms with van der Waals surface area (Å²) < 4.78 is 13.7. The number of hydrogen-bond donors (Lipinski definition) is 0. The molecule has 4 heteroatoms. The van der Waals surface area contributed by atoms with Crippen LogP contribution in [0.4, 0.5) is 22.7 Å². The fraction of sp³-hybridized carbons (Fsp3) is 0.257. The van der Waals surface area contributed by atoms with E-state index in [0.29, 0.717) is 11.8 Å². The summed E-state index contributed by atoms with van der Waals surface area (Å²) in [5.41, 5.74) is 17.4. The minimum Gasteiger partial charge on any atom is -0.459 e. The number of anilines is 4. The van der Waals surface area contributed by atoms with E-state index in [1.807, 2.05) is 0 Å². The van der Waals surface area contributed by atoms with E-state index in [4.69, 9.17) is 15.4 Å². The molecule has 0 saturated heterocycles. The normalized spacial score (nSPS) is 14.1. The van der Waals surface area contributed by atoms with Crippen LogP contribution in [0, 0.1) is 25.7 Å².